The summed E-state index contributed by atoms with van der Waals surface area (Å²) < 4.78 is 38.4. The molecule has 0 bridgehead atoms. The maximum Gasteiger partial charge on any atom is 0.416 e. The van der Waals surface area contributed by atoms with E-state index in [1.54, 1.807) is 19.1 Å². The fourth-order valence-corrected chi connectivity index (χ4v) is 2.20. The normalized spacial score (nSPS) is 11.8. The van der Waals surface area contributed by atoms with Crippen molar-refractivity contribution in [2.24, 2.45) is 0 Å². The molecule has 0 saturated carbocycles. The zero-order valence-electron chi connectivity index (χ0n) is 11.1. The Kier molecular flexibility index (Phi) is 3.12. The number of alkyl halides is 3. The summed E-state index contributed by atoms with van der Waals surface area (Å²) >= 11 is 0. The topological polar surface area (TPSA) is 25.8 Å². The van der Waals surface area contributed by atoms with Crippen LogP contribution in [0.15, 0.2) is 48.5 Å². The Morgan fingerprint density at radius 3 is 2.19 bits per heavy atom. The molecule has 0 atom stereocenters. The van der Waals surface area contributed by atoms with Crippen molar-refractivity contribution in [2.45, 2.75) is 13.1 Å². The van der Waals surface area contributed by atoms with Crippen molar-refractivity contribution in [1.82, 2.24) is 9.97 Å². The number of fused-ring (bicyclic) bond motifs is 1. The predicted molar refractivity (Wildman–Crippen MR) is 74.7 cm³/mol. The summed E-state index contributed by atoms with van der Waals surface area (Å²) in [7, 11) is 0. The molecule has 3 rings (SSSR count). The van der Waals surface area contributed by atoms with Gasteiger partial charge in [0.2, 0.25) is 0 Å². The highest BCUT2D eigenvalue weighted by Crippen LogP contribution is 2.32. The molecule has 0 aliphatic rings. The van der Waals surface area contributed by atoms with Gasteiger partial charge in [-0.15, -0.1) is 0 Å². The van der Waals surface area contributed by atoms with Gasteiger partial charge in [-0.3, -0.25) is 0 Å². The third kappa shape index (κ3) is 2.59. The van der Waals surface area contributed by atoms with Crippen LogP contribution in [0.5, 0.6) is 0 Å². The molecule has 0 radical (unpaired) electrons. The lowest BCUT2D eigenvalue weighted by Gasteiger charge is -2.10. The molecule has 3 aromatic rings. The zero-order valence-corrected chi connectivity index (χ0v) is 11.1. The van der Waals surface area contributed by atoms with Crippen LogP contribution in [-0.2, 0) is 6.18 Å². The van der Waals surface area contributed by atoms with E-state index in [9.17, 15) is 13.2 Å². The summed E-state index contributed by atoms with van der Waals surface area (Å²) in [5.74, 6) is 0. The zero-order chi connectivity index (χ0) is 15.0. The number of para-hydroxylation sites is 2. The van der Waals surface area contributed by atoms with Crippen LogP contribution >= 0.6 is 0 Å². The maximum atomic E-state index is 12.8. The van der Waals surface area contributed by atoms with Crippen molar-refractivity contribution >= 4 is 11.0 Å². The maximum absolute atomic E-state index is 12.8. The van der Waals surface area contributed by atoms with Crippen molar-refractivity contribution in [1.29, 1.82) is 0 Å². The molecule has 2 aromatic carbocycles. The van der Waals surface area contributed by atoms with Crippen LogP contribution in [-0.4, -0.2) is 9.97 Å². The minimum Gasteiger partial charge on any atom is -0.249 e. The van der Waals surface area contributed by atoms with Crippen molar-refractivity contribution in [3.05, 3.63) is 59.8 Å². The van der Waals surface area contributed by atoms with E-state index in [1.807, 2.05) is 18.2 Å². The summed E-state index contributed by atoms with van der Waals surface area (Å²) in [5, 5.41) is 0. The number of rotatable bonds is 1. The molecule has 1 aromatic heterocycles. The van der Waals surface area contributed by atoms with Gasteiger partial charge < -0.3 is 0 Å². The van der Waals surface area contributed by atoms with Gasteiger partial charge in [-0.05, 0) is 31.2 Å². The van der Waals surface area contributed by atoms with Crippen molar-refractivity contribution in [2.75, 3.05) is 0 Å². The van der Waals surface area contributed by atoms with Crippen LogP contribution in [0.3, 0.4) is 0 Å². The molecular weight excluding hydrogens is 277 g/mol. The van der Waals surface area contributed by atoms with Crippen LogP contribution in [0.2, 0.25) is 0 Å². The number of aromatic nitrogens is 2. The summed E-state index contributed by atoms with van der Waals surface area (Å²) in [5.41, 5.74) is 2.20. The summed E-state index contributed by atoms with van der Waals surface area (Å²) in [6.07, 6.45) is -4.37. The van der Waals surface area contributed by atoms with Crippen molar-refractivity contribution in [3.63, 3.8) is 0 Å². The number of halogens is 3. The first-order chi connectivity index (χ1) is 9.95. The Balaban J connectivity index is 2.18. The molecule has 0 aliphatic heterocycles. The van der Waals surface area contributed by atoms with Crippen LogP contribution in [0, 0.1) is 6.92 Å². The monoisotopic (exact) mass is 288 g/mol. The van der Waals surface area contributed by atoms with Crippen LogP contribution in [0.4, 0.5) is 13.2 Å². The third-order valence-corrected chi connectivity index (χ3v) is 3.21. The first-order valence-electron chi connectivity index (χ1n) is 6.36. The lowest BCUT2D eigenvalue weighted by molar-refractivity contribution is -0.137. The van der Waals surface area contributed by atoms with E-state index in [4.69, 9.17) is 0 Å². The molecule has 0 N–H and O–H groups in total. The van der Waals surface area contributed by atoms with Gasteiger partial charge in [-0.1, -0.05) is 24.3 Å². The molecule has 0 amide bonds. The van der Waals surface area contributed by atoms with Crippen LogP contribution < -0.4 is 0 Å². The van der Waals surface area contributed by atoms with Gasteiger partial charge in [-0.25, -0.2) is 9.97 Å². The molecule has 0 saturated heterocycles. The Bertz CT molecular complexity index is 810. The summed E-state index contributed by atoms with van der Waals surface area (Å²) in [6, 6.07) is 12.4. The van der Waals surface area contributed by atoms with E-state index >= 15 is 0 Å². The quantitative estimate of drug-likeness (QED) is 0.652. The fraction of sp³-hybridized carbons (Fsp3) is 0.125. The molecule has 0 aliphatic carbocycles. The Labute approximate surface area is 119 Å². The molecule has 0 fully saturated rings. The Morgan fingerprint density at radius 1 is 0.857 bits per heavy atom. The fourth-order valence-electron chi connectivity index (χ4n) is 2.20. The predicted octanol–water partition coefficient (Wildman–Crippen LogP) is 4.62. The molecular formula is C16H11F3N2. The highest BCUT2D eigenvalue weighted by Gasteiger charge is 2.30. The average Bonchev–Trinajstić information content (AvgIpc) is 2.46. The molecule has 106 valence electrons. The highest BCUT2D eigenvalue weighted by molar-refractivity contribution is 5.78. The smallest absolute Gasteiger partial charge is 0.249 e. The van der Waals surface area contributed by atoms with Gasteiger partial charge >= 0.3 is 6.18 Å². The summed E-state index contributed by atoms with van der Waals surface area (Å²) in [4.78, 5) is 8.84. The molecule has 1 heterocycles. The number of benzene rings is 2. The minimum absolute atomic E-state index is 0.417. The molecule has 2 nitrogen and oxygen atoms in total. The van der Waals surface area contributed by atoms with Gasteiger partial charge in [0, 0.05) is 5.56 Å². The van der Waals surface area contributed by atoms with E-state index in [0.717, 1.165) is 17.6 Å². The van der Waals surface area contributed by atoms with Gasteiger partial charge in [0.1, 0.15) is 0 Å². The van der Waals surface area contributed by atoms with E-state index in [2.05, 4.69) is 9.97 Å². The second-order valence-electron chi connectivity index (χ2n) is 4.72. The lowest BCUT2D eigenvalue weighted by atomic mass is 10.1. The number of hydrogen-bond acceptors (Lipinski definition) is 2. The van der Waals surface area contributed by atoms with E-state index in [0.29, 0.717) is 22.5 Å². The molecule has 0 unspecified atom stereocenters. The van der Waals surface area contributed by atoms with Crippen molar-refractivity contribution in [3.8, 4) is 11.3 Å². The number of aryl methyl sites for hydroxylation is 1. The number of hydrogen-bond donors (Lipinski definition) is 0. The summed E-state index contributed by atoms with van der Waals surface area (Å²) in [6.45, 7) is 1.75. The van der Waals surface area contributed by atoms with Gasteiger partial charge in [0.25, 0.3) is 0 Å². The Hall–Kier alpha value is -2.43. The van der Waals surface area contributed by atoms with E-state index < -0.39 is 11.7 Å². The minimum atomic E-state index is -4.37. The van der Waals surface area contributed by atoms with Gasteiger partial charge in [0.05, 0.1) is 28.0 Å². The second-order valence-corrected chi connectivity index (χ2v) is 4.72. The molecule has 0 spiro atoms. The molecule has 5 heteroatoms. The SMILES string of the molecule is Cc1nc2ccccc2nc1-c1cccc(C(F)(F)F)c1. The van der Waals surface area contributed by atoms with E-state index in [1.165, 1.54) is 6.07 Å². The highest BCUT2D eigenvalue weighted by atomic mass is 19.4. The first-order valence-corrected chi connectivity index (χ1v) is 6.36. The largest absolute Gasteiger partial charge is 0.416 e. The van der Waals surface area contributed by atoms with Gasteiger partial charge in [0.15, 0.2) is 0 Å². The third-order valence-electron chi connectivity index (χ3n) is 3.21. The van der Waals surface area contributed by atoms with Gasteiger partial charge in [-0.2, -0.15) is 13.2 Å². The first kappa shape index (κ1) is 13.5. The van der Waals surface area contributed by atoms with Crippen molar-refractivity contribution < 1.29 is 13.2 Å². The van der Waals surface area contributed by atoms with Crippen LogP contribution in [0.25, 0.3) is 22.3 Å². The molecule has 21 heavy (non-hydrogen) atoms. The van der Waals surface area contributed by atoms with Crippen LogP contribution in [0.1, 0.15) is 11.3 Å². The lowest BCUT2D eigenvalue weighted by Crippen LogP contribution is -2.05. The standard InChI is InChI=1S/C16H11F3N2/c1-10-15(21-14-8-3-2-7-13(14)20-10)11-5-4-6-12(9-11)16(17,18)19/h2-9H,1H3. The average molecular weight is 288 g/mol. The van der Waals surface area contributed by atoms with E-state index in [-0.39, 0.29) is 0 Å². The number of nitrogens with zero attached hydrogens (tertiary/aromatic N) is 2. The second kappa shape index (κ2) is 4.84. The Morgan fingerprint density at radius 2 is 1.52 bits per heavy atom.